The summed E-state index contributed by atoms with van der Waals surface area (Å²) in [7, 11) is -1.01. The molecule has 3 nitrogen and oxygen atoms in total. The van der Waals surface area contributed by atoms with E-state index in [1.54, 1.807) is 0 Å². The van der Waals surface area contributed by atoms with Gasteiger partial charge in [-0.3, -0.25) is 4.21 Å². The van der Waals surface area contributed by atoms with Gasteiger partial charge in [0, 0.05) is 4.90 Å². The molecule has 0 aliphatic heterocycles. The second-order valence-electron chi connectivity index (χ2n) is 4.89. The lowest BCUT2D eigenvalue weighted by Crippen LogP contribution is -2.09. The van der Waals surface area contributed by atoms with E-state index in [0.717, 1.165) is 17.1 Å². The topological polar surface area (TPSA) is 52.3 Å². The van der Waals surface area contributed by atoms with Crippen molar-refractivity contribution in [3.63, 3.8) is 0 Å². The fraction of sp³-hybridized carbons (Fsp3) is 0.294. The van der Waals surface area contributed by atoms with E-state index in [2.05, 4.69) is 0 Å². The predicted octanol–water partition coefficient (Wildman–Crippen LogP) is 2.68. The van der Waals surface area contributed by atoms with Crippen LogP contribution in [0.2, 0.25) is 0 Å². The van der Waals surface area contributed by atoms with E-state index in [9.17, 15) is 4.21 Å². The van der Waals surface area contributed by atoms with Gasteiger partial charge in [0.05, 0.1) is 16.6 Å². The molecule has 4 heteroatoms. The van der Waals surface area contributed by atoms with Gasteiger partial charge in [0.1, 0.15) is 12.4 Å². The van der Waals surface area contributed by atoms with Crippen LogP contribution in [0, 0.1) is 6.92 Å². The Labute approximate surface area is 128 Å². The second-order valence-corrected chi connectivity index (χ2v) is 6.46. The zero-order valence-electron chi connectivity index (χ0n) is 12.2. The SMILES string of the molecule is Cc1ccc(S(=O)CCOc2ccc(CCN)cc2)cc1. The summed E-state index contributed by atoms with van der Waals surface area (Å²) < 4.78 is 17.7. The first kappa shape index (κ1) is 15.7. The van der Waals surface area contributed by atoms with Gasteiger partial charge in [0.15, 0.2) is 0 Å². The summed E-state index contributed by atoms with van der Waals surface area (Å²) in [6.45, 7) is 3.11. The molecule has 2 rings (SSSR count). The molecule has 1 unspecified atom stereocenters. The van der Waals surface area contributed by atoms with Crippen molar-refractivity contribution in [3.05, 3.63) is 59.7 Å². The summed E-state index contributed by atoms with van der Waals surface area (Å²) in [6.07, 6.45) is 0.873. The summed E-state index contributed by atoms with van der Waals surface area (Å²) >= 11 is 0. The molecule has 21 heavy (non-hydrogen) atoms. The fourth-order valence-corrected chi connectivity index (χ4v) is 2.87. The Balaban J connectivity index is 1.80. The number of nitrogens with two attached hydrogens (primary N) is 1. The van der Waals surface area contributed by atoms with Crippen LogP contribution in [0.1, 0.15) is 11.1 Å². The van der Waals surface area contributed by atoms with Crippen LogP contribution in [0.25, 0.3) is 0 Å². The molecule has 0 bridgehead atoms. The van der Waals surface area contributed by atoms with Crippen LogP contribution in [-0.2, 0) is 17.2 Å². The Hall–Kier alpha value is -1.65. The molecule has 0 radical (unpaired) electrons. The average Bonchev–Trinajstić information content (AvgIpc) is 2.50. The lowest BCUT2D eigenvalue weighted by molar-refractivity contribution is 0.342. The molecule has 0 aliphatic carbocycles. The van der Waals surface area contributed by atoms with Gasteiger partial charge < -0.3 is 10.5 Å². The first-order chi connectivity index (χ1) is 10.2. The van der Waals surface area contributed by atoms with Crippen molar-refractivity contribution >= 4 is 10.8 Å². The summed E-state index contributed by atoms with van der Waals surface area (Å²) in [4.78, 5) is 0.850. The van der Waals surface area contributed by atoms with Crippen LogP contribution in [0.5, 0.6) is 5.75 Å². The van der Waals surface area contributed by atoms with Gasteiger partial charge in [-0.05, 0) is 49.7 Å². The fourth-order valence-electron chi connectivity index (χ4n) is 1.96. The maximum absolute atomic E-state index is 12.1. The third-order valence-corrected chi connectivity index (χ3v) is 4.51. The molecular formula is C17H21NO2S. The Kier molecular flexibility index (Phi) is 5.96. The zero-order valence-corrected chi connectivity index (χ0v) is 13.1. The maximum Gasteiger partial charge on any atom is 0.119 e. The second kappa shape index (κ2) is 7.96. The minimum absolute atomic E-state index is 0.441. The molecule has 1 atom stereocenters. The van der Waals surface area contributed by atoms with Crippen LogP contribution >= 0.6 is 0 Å². The molecule has 0 spiro atoms. The monoisotopic (exact) mass is 303 g/mol. The lowest BCUT2D eigenvalue weighted by atomic mass is 10.1. The van der Waals surface area contributed by atoms with Crippen LogP contribution in [0.3, 0.4) is 0 Å². The number of rotatable bonds is 7. The molecule has 0 saturated heterocycles. The van der Waals surface area contributed by atoms with Crippen molar-refractivity contribution in [1.29, 1.82) is 0 Å². The largest absolute Gasteiger partial charge is 0.493 e. The predicted molar refractivity (Wildman–Crippen MR) is 87.1 cm³/mol. The van der Waals surface area contributed by atoms with E-state index in [1.807, 2.05) is 55.5 Å². The van der Waals surface area contributed by atoms with Gasteiger partial charge in [0.25, 0.3) is 0 Å². The Morgan fingerprint density at radius 3 is 2.33 bits per heavy atom. The summed E-state index contributed by atoms with van der Waals surface area (Å²) in [6, 6.07) is 15.7. The number of ether oxygens (including phenoxy) is 1. The minimum Gasteiger partial charge on any atom is -0.493 e. The molecule has 0 saturated carbocycles. The Morgan fingerprint density at radius 2 is 1.71 bits per heavy atom. The Bertz CT molecular complexity index is 579. The molecule has 0 amide bonds. The highest BCUT2D eigenvalue weighted by Crippen LogP contribution is 2.13. The van der Waals surface area contributed by atoms with Crippen LogP contribution in [0.15, 0.2) is 53.4 Å². The summed E-state index contributed by atoms with van der Waals surface area (Å²) in [5, 5.41) is 0. The third-order valence-electron chi connectivity index (χ3n) is 3.18. The van der Waals surface area contributed by atoms with E-state index < -0.39 is 10.8 Å². The van der Waals surface area contributed by atoms with Gasteiger partial charge in [-0.2, -0.15) is 0 Å². The summed E-state index contributed by atoms with van der Waals surface area (Å²) in [5.74, 6) is 1.30. The zero-order chi connectivity index (χ0) is 15.1. The highest BCUT2D eigenvalue weighted by molar-refractivity contribution is 7.85. The first-order valence-electron chi connectivity index (χ1n) is 7.06. The van der Waals surface area contributed by atoms with Crippen molar-refractivity contribution in [2.45, 2.75) is 18.2 Å². The molecule has 2 aromatic rings. The Morgan fingerprint density at radius 1 is 1.05 bits per heavy atom. The highest BCUT2D eigenvalue weighted by Gasteiger charge is 2.04. The molecule has 0 aromatic heterocycles. The van der Waals surface area contributed by atoms with E-state index in [1.165, 1.54) is 11.1 Å². The third kappa shape index (κ3) is 4.99. The van der Waals surface area contributed by atoms with Gasteiger partial charge in [-0.15, -0.1) is 0 Å². The first-order valence-corrected chi connectivity index (χ1v) is 8.38. The van der Waals surface area contributed by atoms with Crippen molar-refractivity contribution < 1.29 is 8.95 Å². The summed E-state index contributed by atoms with van der Waals surface area (Å²) in [5.41, 5.74) is 7.88. The lowest BCUT2D eigenvalue weighted by Gasteiger charge is -2.07. The standard InChI is InChI=1S/C17H21NO2S/c1-14-2-8-17(9-3-14)21(19)13-12-20-16-6-4-15(5-7-16)10-11-18/h2-9H,10-13,18H2,1H3. The molecule has 112 valence electrons. The van der Waals surface area contributed by atoms with Crippen molar-refractivity contribution in [3.8, 4) is 5.75 Å². The van der Waals surface area contributed by atoms with E-state index >= 15 is 0 Å². The van der Waals surface area contributed by atoms with Gasteiger partial charge in [0.2, 0.25) is 0 Å². The normalized spacial score (nSPS) is 12.1. The van der Waals surface area contributed by atoms with Gasteiger partial charge in [-0.25, -0.2) is 0 Å². The van der Waals surface area contributed by atoms with Crippen molar-refractivity contribution in [2.24, 2.45) is 5.73 Å². The van der Waals surface area contributed by atoms with Gasteiger partial charge in [-0.1, -0.05) is 29.8 Å². The molecule has 0 fully saturated rings. The van der Waals surface area contributed by atoms with Crippen LogP contribution in [0.4, 0.5) is 0 Å². The van der Waals surface area contributed by atoms with E-state index in [-0.39, 0.29) is 0 Å². The smallest absolute Gasteiger partial charge is 0.119 e. The number of hydrogen-bond acceptors (Lipinski definition) is 3. The number of hydrogen-bond donors (Lipinski definition) is 1. The molecule has 2 N–H and O–H groups in total. The molecule has 2 aromatic carbocycles. The minimum atomic E-state index is -1.01. The molecular weight excluding hydrogens is 282 g/mol. The highest BCUT2D eigenvalue weighted by atomic mass is 32.2. The van der Waals surface area contributed by atoms with Gasteiger partial charge >= 0.3 is 0 Å². The average molecular weight is 303 g/mol. The number of benzene rings is 2. The quantitative estimate of drug-likeness (QED) is 0.855. The van der Waals surface area contributed by atoms with E-state index in [4.69, 9.17) is 10.5 Å². The van der Waals surface area contributed by atoms with Crippen LogP contribution < -0.4 is 10.5 Å². The van der Waals surface area contributed by atoms with Crippen molar-refractivity contribution in [2.75, 3.05) is 18.9 Å². The van der Waals surface area contributed by atoms with Crippen molar-refractivity contribution in [1.82, 2.24) is 0 Å². The van der Waals surface area contributed by atoms with Crippen LogP contribution in [-0.4, -0.2) is 23.1 Å². The molecule has 0 heterocycles. The molecule has 0 aliphatic rings. The number of aryl methyl sites for hydroxylation is 1. The van der Waals surface area contributed by atoms with E-state index in [0.29, 0.717) is 18.9 Å². The maximum atomic E-state index is 12.1.